The van der Waals surface area contributed by atoms with Gasteiger partial charge in [-0.2, -0.15) is 0 Å². The largest absolute Gasteiger partial charge is 0.497 e. The fourth-order valence-electron chi connectivity index (χ4n) is 1.14. The van der Waals surface area contributed by atoms with E-state index in [1.54, 1.807) is 31.4 Å². The fraction of sp³-hybridized carbons (Fsp3) is 0.125. The van der Waals surface area contributed by atoms with Crippen LogP contribution >= 0.6 is 0 Å². The molecule has 8 nitrogen and oxygen atoms in total. The third-order valence-electron chi connectivity index (χ3n) is 1.95. The summed E-state index contributed by atoms with van der Waals surface area (Å²) in [5, 5.41) is 14.9. The molecule has 0 amide bonds. The summed E-state index contributed by atoms with van der Waals surface area (Å²) in [5.74, 6) is 0.667. The van der Waals surface area contributed by atoms with Crippen LogP contribution in [0.15, 0.2) is 29.4 Å². The van der Waals surface area contributed by atoms with Gasteiger partial charge >= 0.3 is 5.16 Å². The molecule has 0 fully saturated rings. The maximum atomic E-state index is 11.0. The smallest absolute Gasteiger partial charge is 0.303 e. The van der Waals surface area contributed by atoms with Crippen molar-refractivity contribution in [3.63, 3.8) is 0 Å². The number of hydrogen-bond acceptors (Lipinski definition) is 6. The Kier molecular flexibility index (Phi) is 2.77. The second-order valence-corrected chi connectivity index (χ2v) is 4.56. The molecule has 17 heavy (non-hydrogen) atoms. The Morgan fingerprint density at radius 3 is 2.41 bits per heavy atom. The summed E-state index contributed by atoms with van der Waals surface area (Å²) in [4.78, 5) is 1.07. The first-order chi connectivity index (χ1) is 8.00. The van der Waals surface area contributed by atoms with Crippen molar-refractivity contribution < 1.29 is 13.2 Å². The maximum Gasteiger partial charge on any atom is 0.303 e. The number of aromatic nitrogens is 4. The SMILES string of the molecule is COc1ccc(-n2nnc(S(N)(=O)=O)n2)cc1. The molecule has 1 aromatic heterocycles. The molecule has 0 radical (unpaired) electrons. The third kappa shape index (κ3) is 2.40. The van der Waals surface area contributed by atoms with Gasteiger partial charge in [0, 0.05) is 0 Å². The van der Waals surface area contributed by atoms with Gasteiger partial charge in [0.15, 0.2) is 0 Å². The topological polar surface area (TPSA) is 113 Å². The molecule has 90 valence electrons. The number of primary sulfonamides is 1. The number of ether oxygens (including phenoxy) is 1. The fourth-order valence-corrected chi connectivity index (χ4v) is 1.48. The Balaban J connectivity index is 2.37. The minimum atomic E-state index is -3.93. The zero-order valence-corrected chi connectivity index (χ0v) is 9.63. The van der Waals surface area contributed by atoms with Crippen LogP contribution in [-0.4, -0.2) is 35.7 Å². The summed E-state index contributed by atoms with van der Waals surface area (Å²) >= 11 is 0. The molecule has 2 aromatic rings. The lowest BCUT2D eigenvalue weighted by atomic mass is 10.3. The Bertz CT molecular complexity index is 619. The minimum Gasteiger partial charge on any atom is -0.497 e. The molecule has 0 saturated carbocycles. The van der Waals surface area contributed by atoms with Gasteiger partial charge in [-0.05, 0) is 29.5 Å². The number of rotatable bonds is 3. The molecule has 0 saturated heterocycles. The van der Waals surface area contributed by atoms with Crippen molar-refractivity contribution in [3.05, 3.63) is 24.3 Å². The lowest BCUT2D eigenvalue weighted by Gasteiger charge is -2.00. The predicted octanol–water partition coefficient (Wildman–Crippen LogP) is -0.682. The summed E-state index contributed by atoms with van der Waals surface area (Å²) < 4.78 is 26.9. The Hall–Kier alpha value is -2.00. The van der Waals surface area contributed by atoms with Crippen molar-refractivity contribution in [2.24, 2.45) is 5.14 Å². The van der Waals surface area contributed by atoms with Gasteiger partial charge in [-0.1, -0.05) is 5.10 Å². The van der Waals surface area contributed by atoms with E-state index in [0.29, 0.717) is 11.4 Å². The lowest BCUT2D eigenvalue weighted by molar-refractivity contribution is 0.414. The van der Waals surface area contributed by atoms with Crippen molar-refractivity contribution in [2.45, 2.75) is 5.16 Å². The molecule has 0 aliphatic heterocycles. The van der Waals surface area contributed by atoms with Crippen LogP contribution in [0.3, 0.4) is 0 Å². The summed E-state index contributed by atoms with van der Waals surface area (Å²) in [7, 11) is -2.39. The third-order valence-corrected chi connectivity index (χ3v) is 2.63. The molecule has 2 N–H and O–H groups in total. The number of hydrogen-bond donors (Lipinski definition) is 1. The molecule has 0 aliphatic carbocycles. The first-order valence-electron chi connectivity index (χ1n) is 4.48. The molecule has 9 heteroatoms. The molecule has 1 heterocycles. The molecular formula is C8H9N5O3S. The summed E-state index contributed by atoms with van der Waals surface area (Å²) in [6, 6.07) is 6.70. The average molecular weight is 255 g/mol. The molecule has 0 spiro atoms. The van der Waals surface area contributed by atoms with Crippen molar-refractivity contribution in [2.75, 3.05) is 7.11 Å². The molecule has 2 rings (SSSR count). The quantitative estimate of drug-likeness (QED) is 0.777. The Morgan fingerprint density at radius 2 is 1.94 bits per heavy atom. The van der Waals surface area contributed by atoms with Gasteiger partial charge in [0.2, 0.25) is 0 Å². The van der Waals surface area contributed by atoms with Crippen LogP contribution in [-0.2, 0) is 10.0 Å². The monoisotopic (exact) mass is 255 g/mol. The molecule has 0 unspecified atom stereocenters. The Labute approximate surface area is 97.1 Å². The van der Waals surface area contributed by atoms with Crippen LogP contribution in [0.4, 0.5) is 0 Å². The zero-order chi connectivity index (χ0) is 12.5. The highest BCUT2D eigenvalue weighted by Gasteiger charge is 2.15. The summed E-state index contributed by atoms with van der Waals surface area (Å²) in [5.41, 5.74) is 0.549. The predicted molar refractivity (Wildman–Crippen MR) is 57.1 cm³/mol. The van der Waals surface area contributed by atoms with E-state index < -0.39 is 15.2 Å². The van der Waals surface area contributed by atoms with Gasteiger partial charge < -0.3 is 4.74 Å². The first kappa shape index (κ1) is 11.5. The van der Waals surface area contributed by atoms with Crippen molar-refractivity contribution >= 4 is 10.0 Å². The zero-order valence-electron chi connectivity index (χ0n) is 8.81. The van der Waals surface area contributed by atoms with E-state index in [1.165, 1.54) is 0 Å². The minimum absolute atomic E-state index is 0.520. The van der Waals surface area contributed by atoms with E-state index in [0.717, 1.165) is 4.80 Å². The number of methoxy groups -OCH3 is 1. The number of benzene rings is 1. The van der Waals surface area contributed by atoms with Crippen molar-refractivity contribution in [1.29, 1.82) is 0 Å². The number of nitrogens with zero attached hydrogens (tertiary/aromatic N) is 4. The molecule has 0 bridgehead atoms. The highest BCUT2D eigenvalue weighted by molar-refractivity contribution is 7.89. The Morgan fingerprint density at radius 1 is 1.29 bits per heavy atom. The van der Waals surface area contributed by atoms with E-state index in [9.17, 15) is 8.42 Å². The molecule has 0 aliphatic rings. The first-order valence-corrected chi connectivity index (χ1v) is 6.02. The van der Waals surface area contributed by atoms with Gasteiger partial charge in [0.05, 0.1) is 12.8 Å². The second-order valence-electron chi connectivity index (χ2n) is 3.10. The summed E-state index contributed by atoms with van der Waals surface area (Å²) in [6.45, 7) is 0. The maximum absolute atomic E-state index is 11.0. The number of tetrazole rings is 1. The van der Waals surface area contributed by atoms with E-state index >= 15 is 0 Å². The second kappa shape index (κ2) is 4.11. The number of sulfonamides is 1. The standard InChI is InChI=1S/C8H9N5O3S/c1-16-7-4-2-6(3-5-7)13-11-8(10-12-13)17(9,14)15/h2-5H,1H3,(H2,9,14,15). The van der Waals surface area contributed by atoms with Crippen molar-refractivity contribution in [1.82, 2.24) is 20.2 Å². The van der Waals surface area contributed by atoms with E-state index in [2.05, 4.69) is 15.4 Å². The van der Waals surface area contributed by atoms with Crippen LogP contribution in [0.2, 0.25) is 0 Å². The van der Waals surface area contributed by atoms with Crippen LogP contribution in [0, 0.1) is 0 Å². The van der Waals surface area contributed by atoms with E-state index in [1.807, 2.05) is 0 Å². The van der Waals surface area contributed by atoms with E-state index in [4.69, 9.17) is 9.88 Å². The summed E-state index contributed by atoms with van der Waals surface area (Å²) in [6.07, 6.45) is 0. The number of nitrogens with two attached hydrogens (primary N) is 1. The van der Waals surface area contributed by atoms with E-state index in [-0.39, 0.29) is 0 Å². The van der Waals surface area contributed by atoms with Gasteiger partial charge in [0.1, 0.15) is 5.75 Å². The van der Waals surface area contributed by atoms with Crippen LogP contribution < -0.4 is 9.88 Å². The average Bonchev–Trinajstić information content (AvgIpc) is 2.78. The molecule has 1 aromatic carbocycles. The normalized spacial score (nSPS) is 11.4. The van der Waals surface area contributed by atoms with Crippen LogP contribution in [0.1, 0.15) is 0 Å². The van der Waals surface area contributed by atoms with Crippen LogP contribution in [0.25, 0.3) is 5.69 Å². The highest BCUT2D eigenvalue weighted by Crippen LogP contribution is 2.13. The molecule has 0 atom stereocenters. The van der Waals surface area contributed by atoms with Gasteiger partial charge in [0.25, 0.3) is 10.0 Å². The lowest BCUT2D eigenvalue weighted by Crippen LogP contribution is -2.14. The van der Waals surface area contributed by atoms with Gasteiger partial charge in [-0.15, -0.1) is 9.90 Å². The van der Waals surface area contributed by atoms with Crippen molar-refractivity contribution in [3.8, 4) is 11.4 Å². The van der Waals surface area contributed by atoms with Gasteiger partial charge in [-0.3, -0.25) is 0 Å². The van der Waals surface area contributed by atoms with Crippen LogP contribution in [0.5, 0.6) is 5.75 Å². The highest BCUT2D eigenvalue weighted by atomic mass is 32.2. The molecular weight excluding hydrogens is 246 g/mol. The van der Waals surface area contributed by atoms with Gasteiger partial charge in [-0.25, -0.2) is 13.6 Å².